The summed E-state index contributed by atoms with van der Waals surface area (Å²) in [6.45, 7) is 8.36. The SMILES string of the molecule is CC(CC1CCCCC1)N(Cc1ccccc1N)C(=O)OC(C)(C)C. The molecule has 25 heavy (non-hydrogen) atoms. The monoisotopic (exact) mass is 346 g/mol. The van der Waals surface area contributed by atoms with Crippen molar-refractivity contribution in [1.82, 2.24) is 4.90 Å². The summed E-state index contributed by atoms with van der Waals surface area (Å²) in [7, 11) is 0. The van der Waals surface area contributed by atoms with Gasteiger partial charge in [0.25, 0.3) is 0 Å². The molecule has 140 valence electrons. The molecule has 4 heteroatoms. The number of rotatable bonds is 5. The number of ether oxygens (including phenoxy) is 1. The van der Waals surface area contributed by atoms with Gasteiger partial charge in [0.1, 0.15) is 5.60 Å². The van der Waals surface area contributed by atoms with E-state index in [2.05, 4.69) is 6.92 Å². The molecule has 0 aromatic heterocycles. The second kappa shape index (κ2) is 8.59. The van der Waals surface area contributed by atoms with Crippen LogP contribution in [-0.2, 0) is 11.3 Å². The number of carbonyl (C=O) groups excluding carboxylic acids is 1. The van der Waals surface area contributed by atoms with Crippen LogP contribution < -0.4 is 5.73 Å². The van der Waals surface area contributed by atoms with Gasteiger partial charge in [0.2, 0.25) is 0 Å². The molecule has 0 saturated heterocycles. The Morgan fingerprint density at radius 2 is 1.88 bits per heavy atom. The third kappa shape index (κ3) is 6.26. The van der Waals surface area contributed by atoms with Crippen molar-refractivity contribution in [3.63, 3.8) is 0 Å². The average molecular weight is 347 g/mol. The molecule has 0 radical (unpaired) electrons. The summed E-state index contributed by atoms with van der Waals surface area (Å²) in [5, 5.41) is 0. The maximum absolute atomic E-state index is 12.8. The topological polar surface area (TPSA) is 55.6 Å². The molecule has 0 bridgehead atoms. The van der Waals surface area contributed by atoms with E-state index in [1.54, 1.807) is 0 Å². The average Bonchev–Trinajstić information content (AvgIpc) is 2.53. The van der Waals surface area contributed by atoms with E-state index in [-0.39, 0.29) is 12.1 Å². The molecule has 1 fully saturated rings. The van der Waals surface area contributed by atoms with E-state index in [0.717, 1.165) is 17.7 Å². The number of amides is 1. The van der Waals surface area contributed by atoms with E-state index in [1.165, 1.54) is 32.1 Å². The van der Waals surface area contributed by atoms with Crippen molar-refractivity contribution in [1.29, 1.82) is 0 Å². The maximum Gasteiger partial charge on any atom is 0.410 e. The first-order valence-electron chi connectivity index (χ1n) is 9.59. The van der Waals surface area contributed by atoms with Crippen LogP contribution in [0.3, 0.4) is 0 Å². The predicted molar refractivity (Wildman–Crippen MR) is 103 cm³/mol. The van der Waals surface area contributed by atoms with Crippen molar-refractivity contribution in [2.24, 2.45) is 5.92 Å². The fraction of sp³-hybridized carbons (Fsp3) is 0.667. The molecule has 1 amide bonds. The molecule has 1 saturated carbocycles. The molecule has 1 unspecified atom stereocenters. The van der Waals surface area contributed by atoms with Gasteiger partial charge in [0.15, 0.2) is 0 Å². The van der Waals surface area contributed by atoms with Crippen LogP contribution in [0, 0.1) is 5.92 Å². The first-order chi connectivity index (χ1) is 11.8. The lowest BCUT2D eigenvalue weighted by Crippen LogP contribution is -2.42. The normalized spacial score (nSPS) is 17.1. The number of carbonyl (C=O) groups is 1. The molecule has 4 nitrogen and oxygen atoms in total. The number of hydrogen-bond acceptors (Lipinski definition) is 3. The van der Waals surface area contributed by atoms with Gasteiger partial charge in [-0.15, -0.1) is 0 Å². The predicted octanol–water partition coefficient (Wildman–Crippen LogP) is 5.36. The third-order valence-corrected chi connectivity index (χ3v) is 4.96. The van der Waals surface area contributed by atoms with Crippen LogP contribution in [-0.4, -0.2) is 22.6 Å². The molecule has 1 atom stereocenters. The summed E-state index contributed by atoms with van der Waals surface area (Å²) in [4.78, 5) is 14.7. The van der Waals surface area contributed by atoms with Crippen LogP contribution in [0.4, 0.5) is 10.5 Å². The number of anilines is 1. The van der Waals surface area contributed by atoms with E-state index in [0.29, 0.717) is 12.5 Å². The molecule has 0 heterocycles. The van der Waals surface area contributed by atoms with Gasteiger partial charge < -0.3 is 15.4 Å². The Labute approximate surface area is 152 Å². The van der Waals surface area contributed by atoms with Gasteiger partial charge in [0, 0.05) is 11.7 Å². The molecular weight excluding hydrogens is 312 g/mol. The molecule has 1 aliphatic rings. The standard InChI is InChI=1S/C21H34N2O2/c1-16(14-17-10-6-5-7-11-17)23(20(24)25-21(2,3)4)15-18-12-8-9-13-19(18)22/h8-9,12-13,16-17H,5-7,10-11,14-15,22H2,1-4H3. The van der Waals surface area contributed by atoms with Gasteiger partial charge in [-0.3, -0.25) is 0 Å². The van der Waals surface area contributed by atoms with Crippen molar-refractivity contribution in [3.8, 4) is 0 Å². The number of benzene rings is 1. The van der Waals surface area contributed by atoms with Gasteiger partial charge >= 0.3 is 6.09 Å². The van der Waals surface area contributed by atoms with Gasteiger partial charge in [-0.05, 0) is 51.7 Å². The second-order valence-electron chi connectivity index (χ2n) is 8.40. The molecule has 0 aliphatic heterocycles. The van der Waals surface area contributed by atoms with Gasteiger partial charge in [-0.1, -0.05) is 50.3 Å². The summed E-state index contributed by atoms with van der Waals surface area (Å²) in [6, 6.07) is 7.89. The Hall–Kier alpha value is -1.71. The first-order valence-corrected chi connectivity index (χ1v) is 9.59. The Balaban J connectivity index is 2.12. The Morgan fingerprint density at radius 3 is 2.48 bits per heavy atom. The zero-order valence-electron chi connectivity index (χ0n) is 16.3. The van der Waals surface area contributed by atoms with Crippen LogP contribution in [0.25, 0.3) is 0 Å². The molecule has 0 spiro atoms. The van der Waals surface area contributed by atoms with E-state index in [4.69, 9.17) is 10.5 Å². The fourth-order valence-electron chi connectivity index (χ4n) is 3.62. The summed E-state index contributed by atoms with van der Waals surface area (Å²) in [5.74, 6) is 0.710. The van der Waals surface area contributed by atoms with Crippen LogP contribution in [0.2, 0.25) is 0 Å². The van der Waals surface area contributed by atoms with Crippen LogP contribution >= 0.6 is 0 Å². The van der Waals surface area contributed by atoms with Gasteiger partial charge in [-0.25, -0.2) is 4.79 Å². The Kier molecular flexibility index (Phi) is 6.74. The Morgan fingerprint density at radius 1 is 1.24 bits per heavy atom. The molecule has 1 aliphatic carbocycles. The minimum absolute atomic E-state index is 0.137. The van der Waals surface area contributed by atoms with Gasteiger partial charge in [-0.2, -0.15) is 0 Å². The minimum Gasteiger partial charge on any atom is -0.444 e. The van der Waals surface area contributed by atoms with Gasteiger partial charge in [0.05, 0.1) is 6.54 Å². The quantitative estimate of drug-likeness (QED) is 0.730. The summed E-state index contributed by atoms with van der Waals surface area (Å²) >= 11 is 0. The molecule has 2 rings (SSSR count). The minimum atomic E-state index is -0.498. The number of nitrogen functional groups attached to an aromatic ring is 1. The zero-order valence-corrected chi connectivity index (χ0v) is 16.3. The van der Waals surface area contributed by atoms with Crippen LogP contribution in [0.1, 0.15) is 71.8 Å². The van der Waals surface area contributed by atoms with Crippen LogP contribution in [0.15, 0.2) is 24.3 Å². The van der Waals surface area contributed by atoms with E-state index in [9.17, 15) is 4.79 Å². The van der Waals surface area contributed by atoms with Crippen molar-refractivity contribution in [2.45, 2.75) is 84.4 Å². The smallest absolute Gasteiger partial charge is 0.410 e. The van der Waals surface area contributed by atoms with Crippen molar-refractivity contribution < 1.29 is 9.53 Å². The van der Waals surface area contributed by atoms with E-state index < -0.39 is 5.60 Å². The number of para-hydroxylation sites is 1. The molecular formula is C21H34N2O2. The first kappa shape index (κ1) is 19.6. The number of nitrogens with two attached hydrogens (primary N) is 1. The summed E-state index contributed by atoms with van der Waals surface area (Å²) in [6.07, 6.45) is 7.32. The molecule has 1 aromatic carbocycles. The highest BCUT2D eigenvalue weighted by molar-refractivity contribution is 5.69. The number of nitrogens with zero attached hydrogens (tertiary/aromatic N) is 1. The highest BCUT2D eigenvalue weighted by Gasteiger charge is 2.28. The lowest BCUT2D eigenvalue weighted by molar-refractivity contribution is 0.0128. The largest absolute Gasteiger partial charge is 0.444 e. The third-order valence-electron chi connectivity index (χ3n) is 4.96. The maximum atomic E-state index is 12.8. The molecule has 1 aromatic rings. The lowest BCUT2D eigenvalue weighted by Gasteiger charge is -2.34. The highest BCUT2D eigenvalue weighted by atomic mass is 16.6. The lowest BCUT2D eigenvalue weighted by atomic mass is 9.85. The fourth-order valence-corrected chi connectivity index (χ4v) is 3.62. The second-order valence-corrected chi connectivity index (χ2v) is 8.40. The number of hydrogen-bond donors (Lipinski definition) is 1. The van der Waals surface area contributed by atoms with Crippen molar-refractivity contribution >= 4 is 11.8 Å². The Bertz CT molecular complexity index is 559. The van der Waals surface area contributed by atoms with Crippen molar-refractivity contribution in [2.75, 3.05) is 5.73 Å². The van der Waals surface area contributed by atoms with Crippen molar-refractivity contribution in [3.05, 3.63) is 29.8 Å². The summed E-state index contributed by atoms with van der Waals surface area (Å²) in [5.41, 5.74) is 7.30. The molecule has 2 N–H and O–H groups in total. The highest BCUT2D eigenvalue weighted by Crippen LogP contribution is 2.30. The van der Waals surface area contributed by atoms with E-state index in [1.807, 2.05) is 49.9 Å². The summed E-state index contributed by atoms with van der Waals surface area (Å²) < 4.78 is 5.67. The van der Waals surface area contributed by atoms with Crippen LogP contribution in [0.5, 0.6) is 0 Å². The zero-order chi connectivity index (χ0) is 18.4. The van der Waals surface area contributed by atoms with E-state index >= 15 is 0 Å².